The summed E-state index contributed by atoms with van der Waals surface area (Å²) in [4.78, 5) is 12.0. The lowest BCUT2D eigenvalue weighted by molar-refractivity contribution is 0.0635. The molecule has 2 aromatic rings. The molecular formula is C13H15NO4S3. The maximum atomic E-state index is 12.5. The number of hydrogen-bond donors (Lipinski definition) is 1. The Kier molecular flexibility index (Phi) is 4.40. The normalized spacial score (nSPS) is 12.1. The molecule has 8 heteroatoms. The lowest BCUT2D eigenvalue weighted by atomic mass is 10.2. The van der Waals surface area contributed by atoms with Crippen LogP contribution >= 0.6 is 22.7 Å². The molecule has 0 aliphatic rings. The number of amides is 1. The highest BCUT2D eigenvalue weighted by atomic mass is 32.2. The van der Waals surface area contributed by atoms with Crippen molar-refractivity contribution in [2.24, 2.45) is 0 Å². The van der Waals surface area contributed by atoms with Crippen molar-refractivity contribution >= 4 is 44.3 Å². The number of thiophene rings is 2. The molecule has 0 aliphatic heterocycles. The molecule has 1 amide bonds. The molecule has 0 spiro atoms. The van der Waals surface area contributed by atoms with Crippen LogP contribution in [-0.4, -0.2) is 20.1 Å². The number of anilines is 1. The number of nitrogens with one attached hydrogen (secondary N) is 1. The standard InChI is InChI=1S/C13H15NO4S3/c1-13(2,3)18-12(15)14-10-5-7-20-11(10)21(16,17)9-4-6-19-8-9/h4-8H,1-3H3,(H,14,15). The van der Waals surface area contributed by atoms with Crippen molar-refractivity contribution in [3.63, 3.8) is 0 Å². The monoisotopic (exact) mass is 345 g/mol. The van der Waals surface area contributed by atoms with Gasteiger partial charge in [0.25, 0.3) is 0 Å². The van der Waals surface area contributed by atoms with Gasteiger partial charge in [0, 0.05) is 5.38 Å². The molecule has 114 valence electrons. The molecule has 0 bridgehead atoms. The van der Waals surface area contributed by atoms with Crippen molar-refractivity contribution in [2.75, 3.05) is 5.32 Å². The summed E-state index contributed by atoms with van der Waals surface area (Å²) in [6, 6.07) is 3.09. The quantitative estimate of drug-likeness (QED) is 0.913. The van der Waals surface area contributed by atoms with Gasteiger partial charge in [-0.2, -0.15) is 11.3 Å². The Labute approximate surface area is 131 Å². The van der Waals surface area contributed by atoms with Gasteiger partial charge in [-0.15, -0.1) is 11.3 Å². The van der Waals surface area contributed by atoms with Crippen LogP contribution in [0.1, 0.15) is 20.8 Å². The van der Waals surface area contributed by atoms with Gasteiger partial charge < -0.3 is 4.74 Å². The molecule has 2 rings (SSSR count). The lowest BCUT2D eigenvalue weighted by Gasteiger charge is -2.19. The molecule has 0 aromatic carbocycles. The third-order valence-electron chi connectivity index (χ3n) is 2.31. The summed E-state index contributed by atoms with van der Waals surface area (Å²) in [7, 11) is -3.61. The van der Waals surface area contributed by atoms with Gasteiger partial charge >= 0.3 is 6.09 Å². The Morgan fingerprint density at radius 2 is 1.95 bits per heavy atom. The van der Waals surface area contributed by atoms with Gasteiger partial charge in [0.2, 0.25) is 9.84 Å². The predicted octanol–water partition coefficient (Wildman–Crippen LogP) is 3.99. The SMILES string of the molecule is CC(C)(C)OC(=O)Nc1ccsc1S(=O)(=O)c1ccsc1. The maximum Gasteiger partial charge on any atom is 0.412 e. The minimum Gasteiger partial charge on any atom is -0.444 e. The molecule has 0 saturated carbocycles. The van der Waals surface area contributed by atoms with Gasteiger partial charge in [-0.05, 0) is 43.7 Å². The molecule has 0 aliphatic carbocycles. The van der Waals surface area contributed by atoms with Gasteiger partial charge in [-0.25, -0.2) is 13.2 Å². The van der Waals surface area contributed by atoms with Gasteiger partial charge in [0.1, 0.15) is 9.81 Å². The van der Waals surface area contributed by atoms with E-state index in [0.717, 1.165) is 11.3 Å². The predicted molar refractivity (Wildman–Crippen MR) is 83.9 cm³/mol. The zero-order valence-electron chi connectivity index (χ0n) is 11.7. The molecule has 21 heavy (non-hydrogen) atoms. The van der Waals surface area contributed by atoms with E-state index in [1.54, 1.807) is 43.0 Å². The Hall–Kier alpha value is -1.38. The molecule has 1 N–H and O–H groups in total. The molecule has 0 atom stereocenters. The second-order valence-electron chi connectivity index (χ2n) is 5.21. The molecule has 5 nitrogen and oxygen atoms in total. The third kappa shape index (κ3) is 3.84. The van der Waals surface area contributed by atoms with Crippen LogP contribution in [0.5, 0.6) is 0 Å². The minimum absolute atomic E-state index is 0.103. The summed E-state index contributed by atoms with van der Waals surface area (Å²) >= 11 is 2.37. The van der Waals surface area contributed by atoms with Crippen LogP contribution in [0.3, 0.4) is 0 Å². The summed E-state index contributed by atoms with van der Waals surface area (Å²) in [5.41, 5.74) is -0.410. The van der Waals surface area contributed by atoms with Crippen LogP contribution in [0.15, 0.2) is 37.4 Å². The zero-order chi connectivity index (χ0) is 15.7. The fraction of sp³-hybridized carbons (Fsp3) is 0.308. The maximum absolute atomic E-state index is 12.5. The molecule has 0 fully saturated rings. The van der Waals surface area contributed by atoms with E-state index in [-0.39, 0.29) is 14.8 Å². The van der Waals surface area contributed by atoms with Crippen LogP contribution < -0.4 is 5.32 Å². The van der Waals surface area contributed by atoms with Crippen molar-refractivity contribution in [2.45, 2.75) is 35.5 Å². The van der Waals surface area contributed by atoms with E-state index < -0.39 is 21.5 Å². The number of sulfone groups is 1. The first-order chi connectivity index (χ1) is 9.70. The molecule has 0 radical (unpaired) electrons. The summed E-state index contributed by atoms with van der Waals surface area (Å²) in [6.45, 7) is 5.22. The first kappa shape index (κ1) is 16.0. The summed E-state index contributed by atoms with van der Waals surface area (Å²) in [5.74, 6) is 0. The average Bonchev–Trinajstić information content (AvgIpc) is 2.95. The number of rotatable bonds is 3. The smallest absolute Gasteiger partial charge is 0.412 e. The van der Waals surface area contributed by atoms with Crippen LogP contribution in [0.25, 0.3) is 0 Å². The lowest BCUT2D eigenvalue weighted by Crippen LogP contribution is -2.27. The van der Waals surface area contributed by atoms with Gasteiger partial charge in [0.15, 0.2) is 0 Å². The van der Waals surface area contributed by atoms with Crippen LogP contribution in [-0.2, 0) is 14.6 Å². The van der Waals surface area contributed by atoms with Crippen molar-refractivity contribution in [1.29, 1.82) is 0 Å². The number of carbonyl (C=O) groups excluding carboxylic acids is 1. The molecular weight excluding hydrogens is 330 g/mol. The van der Waals surface area contributed by atoms with E-state index in [0.29, 0.717) is 0 Å². The first-order valence-electron chi connectivity index (χ1n) is 6.05. The Balaban J connectivity index is 2.26. The summed E-state index contributed by atoms with van der Waals surface area (Å²) in [6.07, 6.45) is -0.678. The van der Waals surface area contributed by atoms with Crippen molar-refractivity contribution in [3.05, 3.63) is 28.3 Å². The van der Waals surface area contributed by atoms with E-state index in [4.69, 9.17) is 4.74 Å². The van der Waals surface area contributed by atoms with Gasteiger partial charge in [-0.3, -0.25) is 5.32 Å². The summed E-state index contributed by atoms with van der Waals surface area (Å²) in [5, 5.41) is 7.36. The molecule has 0 saturated heterocycles. The Bertz CT molecular complexity index is 724. The van der Waals surface area contributed by atoms with Gasteiger partial charge in [-0.1, -0.05) is 0 Å². The van der Waals surface area contributed by atoms with Crippen molar-refractivity contribution in [3.8, 4) is 0 Å². The molecule has 2 aromatic heterocycles. The molecule has 2 heterocycles. The van der Waals surface area contributed by atoms with E-state index >= 15 is 0 Å². The average molecular weight is 345 g/mol. The van der Waals surface area contributed by atoms with Crippen LogP contribution in [0, 0.1) is 0 Å². The van der Waals surface area contributed by atoms with E-state index in [1.807, 2.05) is 0 Å². The Morgan fingerprint density at radius 3 is 2.52 bits per heavy atom. The zero-order valence-corrected chi connectivity index (χ0v) is 14.2. The number of carbonyl (C=O) groups is 1. The minimum atomic E-state index is -3.61. The Morgan fingerprint density at radius 1 is 1.24 bits per heavy atom. The van der Waals surface area contributed by atoms with Crippen LogP contribution in [0.2, 0.25) is 0 Å². The number of ether oxygens (including phenoxy) is 1. The van der Waals surface area contributed by atoms with Crippen LogP contribution in [0.4, 0.5) is 10.5 Å². The second kappa shape index (κ2) is 5.78. The third-order valence-corrected chi connectivity index (χ3v) is 6.38. The van der Waals surface area contributed by atoms with Crippen molar-refractivity contribution in [1.82, 2.24) is 0 Å². The van der Waals surface area contributed by atoms with E-state index in [1.165, 1.54) is 17.4 Å². The molecule has 0 unspecified atom stereocenters. The van der Waals surface area contributed by atoms with Gasteiger partial charge in [0.05, 0.1) is 10.6 Å². The number of hydrogen-bond acceptors (Lipinski definition) is 6. The largest absolute Gasteiger partial charge is 0.444 e. The highest BCUT2D eigenvalue weighted by Crippen LogP contribution is 2.33. The second-order valence-corrected chi connectivity index (χ2v) is 9.05. The topological polar surface area (TPSA) is 72.5 Å². The first-order valence-corrected chi connectivity index (χ1v) is 9.35. The summed E-state index contributed by atoms with van der Waals surface area (Å²) < 4.78 is 30.2. The fourth-order valence-corrected chi connectivity index (χ4v) is 5.20. The highest BCUT2D eigenvalue weighted by Gasteiger charge is 2.25. The van der Waals surface area contributed by atoms with Crippen molar-refractivity contribution < 1.29 is 17.9 Å². The fourth-order valence-electron chi connectivity index (χ4n) is 1.52. The highest BCUT2D eigenvalue weighted by molar-refractivity contribution is 7.93. The van der Waals surface area contributed by atoms with E-state index in [9.17, 15) is 13.2 Å². The van der Waals surface area contributed by atoms with E-state index in [2.05, 4.69) is 5.32 Å².